The quantitative estimate of drug-likeness (QED) is 0.819. The van der Waals surface area contributed by atoms with Crippen molar-refractivity contribution in [2.75, 3.05) is 0 Å². The summed E-state index contributed by atoms with van der Waals surface area (Å²) in [6.45, 7) is 5.14. The molecule has 0 bridgehead atoms. The van der Waals surface area contributed by atoms with E-state index in [1.54, 1.807) is 6.07 Å². The van der Waals surface area contributed by atoms with E-state index in [0.29, 0.717) is 12.3 Å². The predicted octanol–water partition coefficient (Wildman–Crippen LogP) is 2.43. The molecule has 0 atom stereocenters. The molecule has 1 aromatic heterocycles. The highest BCUT2D eigenvalue weighted by Crippen LogP contribution is 2.39. The second-order valence-corrected chi connectivity index (χ2v) is 4.73. The van der Waals surface area contributed by atoms with Crippen molar-refractivity contribution in [3.63, 3.8) is 0 Å². The second kappa shape index (κ2) is 3.71. The molecule has 1 N–H and O–H groups in total. The first-order valence-electron chi connectivity index (χ1n) is 5.35. The Balaban J connectivity index is 1.90. The highest BCUT2D eigenvalue weighted by atomic mass is 16.3. The monoisotopic (exact) mass is 204 g/mol. The molecule has 1 aromatic rings. The first kappa shape index (κ1) is 10.3. The smallest absolute Gasteiger partial charge is 0.203 e. The lowest BCUT2D eigenvalue weighted by atomic mass is 9.99. The number of furan rings is 1. The molecule has 2 rings (SSSR count). The van der Waals surface area contributed by atoms with Crippen molar-refractivity contribution in [3.05, 3.63) is 23.7 Å². The Hall–Kier alpha value is -1.27. The van der Waals surface area contributed by atoms with E-state index in [4.69, 9.17) is 9.68 Å². The summed E-state index contributed by atoms with van der Waals surface area (Å²) in [6.07, 6.45) is 2.64. The number of nitrogens with zero attached hydrogens (tertiary/aromatic N) is 1. The molecule has 0 spiro atoms. The molecule has 1 aliphatic rings. The molecule has 1 saturated carbocycles. The molecule has 1 aliphatic carbocycles. The first-order valence-corrected chi connectivity index (χ1v) is 5.35. The lowest BCUT2D eigenvalue weighted by molar-refractivity contribution is 0.322. The van der Waals surface area contributed by atoms with Gasteiger partial charge in [0.2, 0.25) is 5.76 Å². The normalized spacial score (nSPS) is 16.3. The maximum Gasteiger partial charge on any atom is 0.203 e. The van der Waals surface area contributed by atoms with Crippen molar-refractivity contribution in [1.29, 1.82) is 5.26 Å². The van der Waals surface area contributed by atoms with E-state index in [9.17, 15) is 0 Å². The molecule has 0 aromatic carbocycles. The lowest BCUT2D eigenvalue weighted by Crippen LogP contribution is -2.40. The fourth-order valence-electron chi connectivity index (χ4n) is 1.80. The van der Waals surface area contributed by atoms with Gasteiger partial charge in [0, 0.05) is 5.54 Å². The second-order valence-electron chi connectivity index (χ2n) is 4.73. The summed E-state index contributed by atoms with van der Waals surface area (Å²) in [4.78, 5) is 0. The Morgan fingerprint density at radius 1 is 1.53 bits per heavy atom. The Labute approximate surface area is 90.1 Å². The summed E-state index contributed by atoms with van der Waals surface area (Å²) in [6, 6.07) is 5.55. The number of nitrogens with one attached hydrogen (secondary N) is 1. The Kier molecular flexibility index (Phi) is 2.54. The molecule has 15 heavy (non-hydrogen) atoms. The summed E-state index contributed by atoms with van der Waals surface area (Å²) in [5.74, 6) is 2.01. The standard InChI is InChI=1S/C12H16N2O/c1-12(2,9-3-4-9)14-8-11-6-5-10(7-13)15-11/h5-6,9,14H,3-4,8H2,1-2H3. The Morgan fingerprint density at radius 3 is 2.80 bits per heavy atom. The molecule has 0 aliphatic heterocycles. The highest BCUT2D eigenvalue weighted by Gasteiger charge is 2.37. The third-order valence-corrected chi connectivity index (χ3v) is 3.09. The van der Waals surface area contributed by atoms with E-state index in [1.165, 1.54) is 12.8 Å². The number of rotatable bonds is 4. The van der Waals surface area contributed by atoms with Gasteiger partial charge in [-0.05, 0) is 44.7 Å². The van der Waals surface area contributed by atoms with Gasteiger partial charge in [0.1, 0.15) is 11.8 Å². The SMILES string of the molecule is CC(C)(NCc1ccc(C#N)o1)C1CC1. The fourth-order valence-corrected chi connectivity index (χ4v) is 1.80. The number of hydrogen-bond donors (Lipinski definition) is 1. The van der Waals surface area contributed by atoms with E-state index < -0.39 is 0 Å². The zero-order chi connectivity index (χ0) is 10.9. The van der Waals surface area contributed by atoms with Gasteiger partial charge in [-0.1, -0.05) is 0 Å². The summed E-state index contributed by atoms with van der Waals surface area (Å²) >= 11 is 0. The minimum Gasteiger partial charge on any atom is -0.449 e. The van der Waals surface area contributed by atoms with Gasteiger partial charge in [0.05, 0.1) is 6.54 Å². The molecule has 3 nitrogen and oxygen atoms in total. The molecular formula is C12H16N2O. The van der Waals surface area contributed by atoms with Crippen LogP contribution in [0.2, 0.25) is 0 Å². The van der Waals surface area contributed by atoms with Crippen LogP contribution in [0.3, 0.4) is 0 Å². The van der Waals surface area contributed by atoms with Gasteiger partial charge in [-0.25, -0.2) is 0 Å². The topological polar surface area (TPSA) is 49.0 Å². The predicted molar refractivity (Wildman–Crippen MR) is 57.1 cm³/mol. The minimum atomic E-state index is 0.180. The Morgan fingerprint density at radius 2 is 2.27 bits per heavy atom. The van der Waals surface area contributed by atoms with Crippen LogP contribution in [-0.2, 0) is 6.54 Å². The summed E-state index contributed by atoms with van der Waals surface area (Å²) in [7, 11) is 0. The summed E-state index contributed by atoms with van der Waals surface area (Å²) in [5.41, 5.74) is 0.180. The van der Waals surface area contributed by atoms with Crippen molar-refractivity contribution < 1.29 is 4.42 Å². The number of nitriles is 1. The van der Waals surface area contributed by atoms with Gasteiger partial charge in [-0.2, -0.15) is 5.26 Å². The van der Waals surface area contributed by atoms with Crippen LogP contribution in [0.15, 0.2) is 16.5 Å². The van der Waals surface area contributed by atoms with Crippen molar-refractivity contribution in [1.82, 2.24) is 5.32 Å². The van der Waals surface area contributed by atoms with Gasteiger partial charge in [-0.3, -0.25) is 0 Å². The van der Waals surface area contributed by atoms with Crippen LogP contribution in [-0.4, -0.2) is 5.54 Å². The van der Waals surface area contributed by atoms with Gasteiger partial charge in [0.25, 0.3) is 0 Å². The molecule has 1 heterocycles. The average Bonchev–Trinajstić information content (AvgIpc) is 2.96. The van der Waals surface area contributed by atoms with E-state index in [0.717, 1.165) is 11.7 Å². The van der Waals surface area contributed by atoms with Crippen LogP contribution in [0.1, 0.15) is 38.2 Å². The highest BCUT2D eigenvalue weighted by molar-refractivity contribution is 5.19. The van der Waals surface area contributed by atoms with Crippen molar-refractivity contribution >= 4 is 0 Å². The third kappa shape index (κ3) is 2.40. The lowest BCUT2D eigenvalue weighted by Gasteiger charge is -2.25. The van der Waals surface area contributed by atoms with Gasteiger partial charge < -0.3 is 9.73 Å². The van der Waals surface area contributed by atoms with Crippen molar-refractivity contribution in [2.45, 2.75) is 38.8 Å². The van der Waals surface area contributed by atoms with Gasteiger partial charge in [-0.15, -0.1) is 0 Å². The van der Waals surface area contributed by atoms with Gasteiger partial charge >= 0.3 is 0 Å². The summed E-state index contributed by atoms with van der Waals surface area (Å²) < 4.78 is 5.30. The molecule has 80 valence electrons. The van der Waals surface area contributed by atoms with Crippen LogP contribution in [0, 0.1) is 17.2 Å². The molecule has 1 fully saturated rings. The van der Waals surface area contributed by atoms with Crippen LogP contribution < -0.4 is 5.32 Å². The maximum atomic E-state index is 8.61. The van der Waals surface area contributed by atoms with Crippen molar-refractivity contribution in [3.8, 4) is 6.07 Å². The summed E-state index contributed by atoms with van der Waals surface area (Å²) in [5, 5.41) is 12.1. The zero-order valence-electron chi connectivity index (χ0n) is 9.21. The van der Waals surface area contributed by atoms with Crippen LogP contribution in [0.5, 0.6) is 0 Å². The molecule has 0 unspecified atom stereocenters. The molecule has 0 amide bonds. The third-order valence-electron chi connectivity index (χ3n) is 3.09. The molecule has 0 radical (unpaired) electrons. The average molecular weight is 204 g/mol. The molecular weight excluding hydrogens is 188 g/mol. The fraction of sp³-hybridized carbons (Fsp3) is 0.583. The van der Waals surface area contributed by atoms with Crippen LogP contribution >= 0.6 is 0 Å². The first-order chi connectivity index (χ1) is 7.12. The van der Waals surface area contributed by atoms with E-state index >= 15 is 0 Å². The minimum absolute atomic E-state index is 0.180. The maximum absolute atomic E-state index is 8.61. The molecule has 3 heteroatoms. The van der Waals surface area contributed by atoms with E-state index in [2.05, 4.69) is 19.2 Å². The number of hydrogen-bond acceptors (Lipinski definition) is 3. The van der Waals surface area contributed by atoms with Gasteiger partial charge in [0.15, 0.2) is 0 Å². The molecule has 0 saturated heterocycles. The largest absolute Gasteiger partial charge is 0.449 e. The Bertz CT molecular complexity index is 383. The van der Waals surface area contributed by atoms with E-state index in [1.807, 2.05) is 12.1 Å². The van der Waals surface area contributed by atoms with Crippen molar-refractivity contribution in [2.24, 2.45) is 5.92 Å². The van der Waals surface area contributed by atoms with Crippen LogP contribution in [0.4, 0.5) is 0 Å². The van der Waals surface area contributed by atoms with E-state index in [-0.39, 0.29) is 5.54 Å². The van der Waals surface area contributed by atoms with Crippen LogP contribution in [0.25, 0.3) is 0 Å². The zero-order valence-corrected chi connectivity index (χ0v) is 9.21.